The number of likely N-dealkylation sites (N-methyl/N-ethyl adjacent to an activating group) is 1. The minimum absolute atomic E-state index is 0.0466. The molecule has 1 heterocycles. The molecule has 32 heavy (non-hydrogen) atoms. The molecule has 0 atom stereocenters. The third kappa shape index (κ3) is 5.15. The summed E-state index contributed by atoms with van der Waals surface area (Å²) in [6.45, 7) is 2.31. The van der Waals surface area contributed by atoms with Gasteiger partial charge in [-0.2, -0.15) is 5.26 Å². The van der Waals surface area contributed by atoms with Crippen LogP contribution < -0.4 is 20.8 Å². The van der Waals surface area contributed by atoms with Crippen LogP contribution in [0.25, 0.3) is 0 Å². The first-order valence-electron chi connectivity index (χ1n) is 9.47. The van der Waals surface area contributed by atoms with Gasteiger partial charge in [-0.05, 0) is 40.2 Å². The molecule has 0 saturated carbocycles. The number of aliphatic imine (C=N–C) groups is 1. The average molecular weight is 544 g/mol. The Bertz CT molecular complexity index is 1190. The Morgan fingerprint density at radius 2 is 2.00 bits per heavy atom. The second-order valence-electron chi connectivity index (χ2n) is 7.29. The molecule has 2 aromatic carbocycles. The smallest absolute Gasteiger partial charge is 0.287 e. The van der Waals surface area contributed by atoms with E-state index in [-0.39, 0.29) is 21.3 Å². The van der Waals surface area contributed by atoms with E-state index in [1.807, 2.05) is 6.19 Å². The van der Waals surface area contributed by atoms with E-state index < -0.39 is 20.7 Å². The minimum atomic E-state index is -4.21. The quantitative estimate of drug-likeness (QED) is 0.148. The molecule has 1 aliphatic heterocycles. The number of benzene rings is 2. The van der Waals surface area contributed by atoms with Gasteiger partial charge in [-0.15, -0.1) is 0 Å². The van der Waals surface area contributed by atoms with Crippen molar-refractivity contribution < 1.29 is 18.1 Å². The van der Waals surface area contributed by atoms with E-state index in [0.717, 1.165) is 4.90 Å². The SMILES string of the molecule is C[N+]1(NS(=O)(=O)c2c(Cl)ccc(N=C(N)N(C#N)c3ccccc3Br)c2O)CCNCC1. The highest BCUT2D eigenvalue weighted by Gasteiger charge is 2.35. The lowest BCUT2D eigenvalue weighted by Crippen LogP contribution is -2.64. The Labute approximate surface area is 199 Å². The van der Waals surface area contributed by atoms with E-state index in [0.29, 0.717) is 36.3 Å². The number of anilines is 1. The van der Waals surface area contributed by atoms with E-state index in [4.69, 9.17) is 17.3 Å². The number of quaternary nitrogens is 1. The van der Waals surface area contributed by atoms with Crippen LogP contribution in [0.2, 0.25) is 5.02 Å². The molecule has 170 valence electrons. The van der Waals surface area contributed by atoms with Crippen molar-refractivity contribution in [3.05, 3.63) is 45.9 Å². The largest absolute Gasteiger partial charge is 0.504 e. The average Bonchev–Trinajstić information content (AvgIpc) is 2.71. The number of halogens is 2. The standard InChI is InChI=1S/C19H21BrClN7O3S/c1-28(10-8-24-9-11-28)26-32(30,31)18-14(21)6-7-15(17(18)29)25-19(23)27(12-22)16-5-3-2-4-13(16)20/h2-7,24,26H,8-11H2,1H3,(H2-,23,25,29)/p+1. The molecule has 10 nitrogen and oxygen atoms in total. The molecule has 0 unspecified atom stereocenters. The molecule has 0 aromatic heterocycles. The van der Waals surface area contributed by atoms with Gasteiger partial charge >= 0.3 is 0 Å². The lowest BCUT2D eigenvalue weighted by molar-refractivity contribution is -0.939. The Kier molecular flexibility index (Phi) is 7.29. The Morgan fingerprint density at radius 1 is 1.34 bits per heavy atom. The van der Waals surface area contributed by atoms with Gasteiger partial charge in [0.2, 0.25) is 5.96 Å². The zero-order valence-electron chi connectivity index (χ0n) is 17.1. The number of nitrogens with two attached hydrogens (primary N) is 1. The number of nitrogens with zero attached hydrogens (tertiary/aromatic N) is 4. The maximum Gasteiger partial charge on any atom is 0.287 e. The minimum Gasteiger partial charge on any atom is -0.504 e. The number of hydrogen-bond donors (Lipinski definition) is 4. The highest BCUT2D eigenvalue weighted by Crippen LogP contribution is 2.39. The number of nitrogens with one attached hydrogen (secondary N) is 2. The number of rotatable bonds is 5. The van der Waals surface area contributed by atoms with E-state index in [1.54, 1.807) is 31.3 Å². The number of phenols is 1. The van der Waals surface area contributed by atoms with E-state index in [2.05, 4.69) is 31.1 Å². The van der Waals surface area contributed by atoms with Gasteiger partial charge in [-0.1, -0.05) is 28.6 Å². The number of piperazine rings is 1. The van der Waals surface area contributed by atoms with Gasteiger partial charge in [0.15, 0.2) is 11.9 Å². The molecule has 3 rings (SSSR count). The first kappa shape index (κ1) is 24.2. The summed E-state index contributed by atoms with van der Waals surface area (Å²) in [4.78, 5) is 7.22. The van der Waals surface area contributed by atoms with Crippen molar-refractivity contribution in [2.75, 3.05) is 38.1 Å². The van der Waals surface area contributed by atoms with Crippen molar-refractivity contribution >= 4 is 54.9 Å². The molecule has 0 aliphatic carbocycles. The molecule has 0 bridgehead atoms. The van der Waals surface area contributed by atoms with Crippen molar-refractivity contribution in [1.29, 1.82) is 5.26 Å². The Morgan fingerprint density at radius 3 is 2.62 bits per heavy atom. The molecule has 1 saturated heterocycles. The number of nitriles is 1. The van der Waals surface area contributed by atoms with Crippen LogP contribution in [-0.4, -0.2) is 57.3 Å². The van der Waals surface area contributed by atoms with E-state index >= 15 is 0 Å². The van der Waals surface area contributed by atoms with Crippen LogP contribution in [0, 0.1) is 11.5 Å². The third-order valence-electron chi connectivity index (χ3n) is 4.89. The monoisotopic (exact) mass is 542 g/mol. The van der Waals surface area contributed by atoms with Crippen molar-refractivity contribution in [2.24, 2.45) is 10.7 Å². The first-order chi connectivity index (χ1) is 15.1. The summed E-state index contributed by atoms with van der Waals surface area (Å²) in [6, 6.07) is 9.48. The zero-order chi connectivity index (χ0) is 23.5. The van der Waals surface area contributed by atoms with Crippen LogP contribution in [0.4, 0.5) is 11.4 Å². The lowest BCUT2D eigenvalue weighted by atomic mass is 10.3. The maximum atomic E-state index is 13.1. The van der Waals surface area contributed by atoms with Crippen molar-refractivity contribution in [2.45, 2.75) is 4.90 Å². The molecule has 13 heteroatoms. The summed E-state index contributed by atoms with van der Waals surface area (Å²) < 4.78 is 26.8. The molecule has 1 fully saturated rings. The zero-order valence-corrected chi connectivity index (χ0v) is 20.2. The van der Waals surface area contributed by atoms with Gasteiger partial charge in [0.25, 0.3) is 10.0 Å². The van der Waals surface area contributed by atoms with Crippen molar-refractivity contribution in [1.82, 2.24) is 10.1 Å². The molecule has 1 aliphatic rings. The van der Waals surface area contributed by atoms with Crippen LogP contribution in [0.5, 0.6) is 5.75 Å². The second-order valence-corrected chi connectivity index (χ2v) is 10.1. The molecular formula is C19H22BrClN7O3S+. The number of para-hydroxylation sites is 1. The highest BCUT2D eigenvalue weighted by atomic mass is 79.9. The normalized spacial score (nSPS) is 16.4. The summed E-state index contributed by atoms with van der Waals surface area (Å²) in [5.41, 5.74) is 6.29. The third-order valence-corrected chi connectivity index (χ3v) is 7.62. The van der Waals surface area contributed by atoms with E-state index in [9.17, 15) is 18.8 Å². The van der Waals surface area contributed by atoms with Crippen LogP contribution in [0.3, 0.4) is 0 Å². The predicted molar refractivity (Wildman–Crippen MR) is 126 cm³/mol. The fourth-order valence-corrected chi connectivity index (χ4v) is 5.69. The van der Waals surface area contributed by atoms with Gasteiger partial charge in [-0.25, -0.2) is 22.9 Å². The topological polar surface area (TPSA) is 144 Å². The maximum absolute atomic E-state index is 13.1. The van der Waals surface area contributed by atoms with Gasteiger partial charge in [0, 0.05) is 17.6 Å². The fraction of sp³-hybridized carbons (Fsp3) is 0.263. The Hall–Kier alpha value is -2.40. The summed E-state index contributed by atoms with van der Waals surface area (Å²) in [6.07, 6.45) is 1.91. The van der Waals surface area contributed by atoms with Crippen molar-refractivity contribution in [3.63, 3.8) is 0 Å². The predicted octanol–water partition coefficient (Wildman–Crippen LogP) is 1.99. The molecule has 0 spiro atoms. The fourth-order valence-electron chi connectivity index (χ4n) is 3.23. The molecule has 0 radical (unpaired) electrons. The van der Waals surface area contributed by atoms with Crippen LogP contribution in [0.1, 0.15) is 0 Å². The highest BCUT2D eigenvalue weighted by molar-refractivity contribution is 9.10. The van der Waals surface area contributed by atoms with Crippen LogP contribution in [-0.2, 0) is 10.0 Å². The Balaban J connectivity index is 2.00. The summed E-state index contributed by atoms with van der Waals surface area (Å²) >= 11 is 9.49. The second kappa shape index (κ2) is 9.62. The van der Waals surface area contributed by atoms with Gasteiger partial charge < -0.3 is 16.2 Å². The van der Waals surface area contributed by atoms with E-state index in [1.165, 1.54) is 12.1 Å². The molecule has 2 aromatic rings. The van der Waals surface area contributed by atoms with Gasteiger partial charge in [-0.3, -0.25) is 0 Å². The first-order valence-corrected chi connectivity index (χ1v) is 12.1. The summed E-state index contributed by atoms with van der Waals surface area (Å²) in [5, 5.41) is 23.3. The van der Waals surface area contributed by atoms with Gasteiger partial charge in [0.05, 0.1) is 17.8 Å². The number of guanidine groups is 1. The summed E-state index contributed by atoms with van der Waals surface area (Å²) in [7, 11) is -2.46. The number of sulfonamides is 1. The summed E-state index contributed by atoms with van der Waals surface area (Å²) in [5.74, 6) is -0.936. The van der Waals surface area contributed by atoms with Crippen LogP contribution in [0.15, 0.2) is 50.8 Å². The lowest BCUT2D eigenvalue weighted by Gasteiger charge is -2.36. The molecule has 0 amide bonds. The van der Waals surface area contributed by atoms with Gasteiger partial charge in [0.1, 0.15) is 23.7 Å². The number of phenolic OH excluding ortho intramolecular Hbond substituents is 1. The molecular weight excluding hydrogens is 522 g/mol. The number of hydrogen-bond acceptors (Lipinski definition) is 6. The van der Waals surface area contributed by atoms with Crippen LogP contribution >= 0.6 is 27.5 Å². The number of aromatic hydroxyl groups is 1. The van der Waals surface area contributed by atoms with Crippen molar-refractivity contribution in [3.8, 4) is 11.9 Å². The molecule has 5 N–H and O–H groups in total.